The van der Waals surface area contributed by atoms with Crippen molar-refractivity contribution in [3.63, 3.8) is 0 Å². The van der Waals surface area contributed by atoms with Gasteiger partial charge in [0.1, 0.15) is 17.1 Å². The van der Waals surface area contributed by atoms with Gasteiger partial charge in [-0.3, -0.25) is 0 Å². The van der Waals surface area contributed by atoms with Gasteiger partial charge in [-0.15, -0.1) is 11.6 Å². The number of hydrogen-bond donors (Lipinski definition) is 0. The third kappa shape index (κ3) is 2.99. The molecule has 0 aliphatic rings. The second kappa shape index (κ2) is 6.20. The number of fused-ring (bicyclic) bond motifs is 1. The topological polar surface area (TPSA) is 43.9 Å². The summed E-state index contributed by atoms with van der Waals surface area (Å²) in [5, 5.41) is 0. The maximum atomic E-state index is 5.91. The molecule has 6 heteroatoms. The van der Waals surface area contributed by atoms with Crippen LogP contribution in [0, 0.1) is 0 Å². The normalized spacial score (nSPS) is 12.9. The van der Waals surface area contributed by atoms with Gasteiger partial charge in [-0.2, -0.15) is 0 Å². The van der Waals surface area contributed by atoms with E-state index in [1.807, 2.05) is 18.2 Å². The molecular formula is C15H15BrClN3O. The number of rotatable bonds is 5. The first-order valence-corrected chi connectivity index (χ1v) is 8.12. The Hall–Kier alpha value is -1.33. The van der Waals surface area contributed by atoms with Crippen LogP contribution >= 0.6 is 27.5 Å². The summed E-state index contributed by atoms with van der Waals surface area (Å²) in [6, 6.07) is 6.08. The Morgan fingerprint density at radius 3 is 3.05 bits per heavy atom. The first kappa shape index (κ1) is 14.6. The van der Waals surface area contributed by atoms with Gasteiger partial charge in [0.2, 0.25) is 0 Å². The molecule has 21 heavy (non-hydrogen) atoms. The van der Waals surface area contributed by atoms with E-state index in [4.69, 9.17) is 16.0 Å². The van der Waals surface area contributed by atoms with Gasteiger partial charge < -0.3 is 8.98 Å². The highest BCUT2D eigenvalue weighted by molar-refractivity contribution is 9.10. The highest BCUT2D eigenvalue weighted by Gasteiger charge is 2.18. The number of halogens is 2. The molecule has 0 aliphatic carbocycles. The molecule has 0 bridgehead atoms. The third-order valence-electron chi connectivity index (χ3n) is 3.41. The van der Waals surface area contributed by atoms with Crippen molar-refractivity contribution in [2.24, 2.45) is 0 Å². The van der Waals surface area contributed by atoms with Gasteiger partial charge in [0, 0.05) is 35.4 Å². The average Bonchev–Trinajstić information content (AvgIpc) is 3.05. The van der Waals surface area contributed by atoms with Gasteiger partial charge in [-0.05, 0) is 41.1 Å². The molecule has 3 heterocycles. The van der Waals surface area contributed by atoms with Gasteiger partial charge >= 0.3 is 0 Å². The van der Waals surface area contributed by atoms with Crippen LogP contribution in [0.1, 0.15) is 24.6 Å². The monoisotopic (exact) mass is 367 g/mol. The minimum Gasteiger partial charge on any atom is -0.469 e. The van der Waals surface area contributed by atoms with Crippen LogP contribution in [0.25, 0.3) is 11.2 Å². The van der Waals surface area contributed by atoms with E-state index in [1.54, 1.807) is 12.5 Å². The zero-order chi connectivity index (χ0) is 14.8. The van der Waals surface area contributed by atoms with Crippen LogP contribution in [0.3, 0.4) is 0 Å². The largest absolute Gasteiger partial charge is 0.469 e. The number of pyridine rings is 1. The Morgan fingerprint density at radius 2 is 2.33 bits per heavy atom. The molecule has 0 N–H and O–H groups in total. The van der Waals surface area contributed by atoms with Crippen molar-refractivity contribution in [2.45, 2.75) is 25.8 Å². The van der Waals surface area contributed by atoms with Crippen molar-refractivity contribution in [3.8, 4) is 0 Å². The van der Waals surface area contributed by atoms with Crippen LogP contribution in [0.15, 0.2) is 39.5 Å². The lowest BCUT2D eigenvalue weighted by Crippen LogP contribution is -2.12. The molecule has 1 unspecified atom stereocenters. The molecule has 110 valence electrons. The standard InChI is InChI=1S/C15H15BrClN3O/c1-10(7-12-3-2-6-21-12)20-14(4-5-17)19-13-8-11(16)9-18-15(13)20/h2-3,6,8-10H,4-5,7H2,1H3. The average molecular weight is 369 g/mol. The first-order chi connectivity index (χ1) is 10.2. The molecule has 0 saturated heterocycles. The fourth-order valence-corrected chi connectivity index (χ4v) is 3.03. The lowest BCUT2D eigenvalue weighted by molar-refractivity contribution is 0.446. The summed E-state index contributed by atoms with van der Waals surface area (Å²) in [6.07, 6.45) is 5.01. The number of furan rings is 1. The Morgan fingerprint density at radius 1 is 1.48 bits per heavy atom. The molecule has 3 rings (SSSR count). The van der Waals surface area contributed by atoms with Crippen molar-refractivity contribution >= 4 is 38.7 Å². The highest BCUT2D eigenvalue weighted by Crippen LogP contribution is 2.25. The zero-order valence-corrected chi connectivity index (χ0v) is 13.9. The molecule has 4 nitrogen and oxygen atoms in total. The van der Waals surface area contributed by atoms with Crippen molar-refractivity contribution in [1.29, 1.82) is 0 Å². The minimum atomic E-state index is 0.202. The van der Waals surface area contributed by atoms with Gasteiger partial charge in [0.25, 0.3) is 0 Å². The van der Waals surface area contributed by atoms with E-state index in [1.165, 1.54) is 0 Å². The Bertz CT molecular complexity index is 739. The number of hydrogen-bond acceptors (Lipinski definition) is 3. The van der Waals surface area contributed by atoms with Gasteiger partial charge in [0.15, 0.2) is 5.65 Å². The summed E-state index contributed by atoms with van der Waals surface area (Å²) in [5.41, 5.74) is 1.77. The van der Waals surface area contributed by atoms with E-state index < -0.39 is 0 Å². The molecular weight excluding hydrogens is 354 g/mol. The van der Waals surface area contributed by atoms with Crippen molar-refractivity contribution in [1.82, 2.24) is 14.5 Å². The Kier molecular flexibility index (Phi) is 4.31. The zero-order valence-electron chi connectivity index (χ0n) is 11.6. The van der Waals surface area contributed by atoms with Crippen LogP contribution in [0.4, 0.5) is 0 Å². The second-order valence-electron chi connectivity index (χ2n) is 4.97. The lowest BCUT2D eigenvalue weighted by atomic mass is 10.2. The molecule has 0 spiro atoms. The van der Waals surface area contributed by atoms with Crippen LogP contribution in [-0.4, -0.2) is 20.4 Å². The van der Waals surface area contributed by atoms with Crippen LogP contribution < -0.4 is 0 Å². The molecule has 0 amide bonds. The number of imidazole rings is 1. The van der Waals surface area contributed by atoms with E-state index in [-0.39, 0.29) is 6.04 Å². The molecule has 0 fully saturated rings. The Balaban J connectivity index is 2.03. The Labute approximate surface area is 136 Å². The van der Waals surface area contributed by atoms with Crippen LogP contribution in [-0.2, 0) is 12.8 Å². The first-order valence-electron chi connectivity index (χ1n) is 6.79. The van der Waals surface area contributed by atoms with Crippen LogP contribution in [0.5, 0.6) is 0 Å². The quantitative estimate of drug-likeness (QED) is 0.628. The lowest BCUT2D eigenvalue weighted by Gasteiger charge is -2.15. The van der Waals surface area contributed by atoms with E-state index in [2.05, 4.69) is 37.4 Å². The fourth-order valence-electron chi connectivity index (χ4n) is 2.54. The molecule has 3 aromatic heterocycles. The maximum Gasteiger partial charge on any atom is 0.160 e. The second-order valence-corrected chi connectivity index (χ2v) is 6.26. The number of aromatic nitrogens is 3. The van der Waals surface area contributed by atoms with E-state index in [0.29, 0.717) is 5.88 Å². The molecule has 0 radical (unpaired) electrons. The summed E-state index contributed by atoms with van der Waals surface area (Å²) in [4.78, 5) is 9.18. The molecule has 0 aliphatic heterocycles. The smallest absolute Gasteiger partial charge is 0.160 e. The van der Waals surface area contributed by atoms with Gasteiger partial charge in [-0.1, -0.05) is 0 Å². The summed E-state index contributed by atoms with van der Waals surface area (Å²) in [7, 11) is 0. The molecule has 3 aromatic rings. The van der Waals surface area contributed by atoms with Gasteiger partial charge in [0.05, 0.1) is 6.26 Å². The van der Waals surface area contributed by atoms with Gasteiger partial charge in [-0.25, -0.2) is 9.97 Å². The van der Waals surface area contributed by atoms with E-state index >= 15 is 0 Å². The summed E-state index contributed by atoms with van der Waals surface area (Å²) in [6.45, 7) is 2.14. The molecule has 0 saturated carbocycles. The third-order valence-corrected chi connectivity index (χ3v) is 4.03. The number of nitrogens with zero attached hydrogens (tertiary/aromatic N) is 3. The summed E-state index contributed by atoms with van der Waals surface area (Å²) in [5.74, 6) is 2.46. The van der Waals surface area contributed by atoms with Crippen molar-refractivity contribution < 1.29 is 4.42 Å². The van der Waals surface area contributed by atoms with Crippen LogP contribution in [0.2, 0.25) is 0 Å². The maximum absolute atomic E-state index is 5.91. The summed E-state index contributed by atoms with van der Waals surface area (Å²) >= 11 is 9.35. The highest BCUT2D eigenvalue weighted by atomic mass is 79.9. The predicted octanol–water partition coefficient (Wildman–Crippen LogP) is 4.37. The van der Waals surface area contributed by atoms with E-state index in [9.17, 15) is 0 Å². The SMILES string of the molecule is CC(Cc1ccco1)n1c(CCCl)nc2cc(Br)cnc21. The van der Waals surface area contributed by atoms with Crippen molar-refractivity contribution in [3.05, 3.63) is 46.7 Å². The molecule has 1 atom stereocenters. The number of aryl methyl sites for hydroxylation is 1. The van der Waals surface area contributed by atoms with Crippen molar-refractivity contribution in [2.75, 3.05) is 5.88 Å². The minimum absolute atomic E-state index is 0.202. The number of alkyl halides is 1. The van der Waals surface area contributed by atoms with E-state index in [0.717, 1.165) is 40.1 Å². The summed E-state index contributed by atoms with van der Waals surface area (Å²) < 4.78 is 8.53. The predicted molar refractivity (Wildman–Crippen MR) is 86.8 cm³/mol. The fraction of sp³-hybridized carbons (Fsp3) is 0.333. The molecule has 0 aromatic carbocycles.